The maximum absolute atomic E-state index is 15.0. The van der Waals surface area contributed by atoms with Crippen LogP contribution in [0.1, 0.15) is 54.4 Å². The first kappa shape index (κ1) is 28.6. The summed E-state index contributed by atoms with van der Waals surface area (Å²) in [6.07, 6.45) is 3.55. The minimum atomic E-state index is -1.80. The first-order valence-corrected chi connectivity index (χ1v) is 16.9. The number of phenols is 2. The number of rotatable bonds is 6. The van der Waals surface area contributed by atoms with E-state index in [9.17, 15) is 25.5 Å². The van der Waals surface area contributed by atoms with E-state index in [2.05, 4.69) is 23.4 Å². The highest BCUT2D eigenvalue weighted by atomic mass is 16.5. The molecule has 10 rings (SSSR count). The molecule has 5 aliphatic carbocycles. The van der Waals surface area contributed by atoms with Crippen LogP contribution in [0.15, 0.2) is 49.6 Å². The summed E-state index contributed by atoms with van der Waals surface area (Å²) >= 11 is 0. The lowest BCUT2D eigenvalue weighted by molar-refractivity contribution is -0.299. The number of nitrogens with zero attached hydrogens (tertiary/aromatic N) is 1. The third-order valence-electron chi connectivity index (χ3n) is 14.3. The SMILES string of the molecule is C=CCN[C@]12Cc3ccc(O)c4c3[C@@]3(C1)C(O4)C(O)(C1C[C@@]4(O)C5Cc6ccc(O)c7c6[C@@]4(CCN5CC=C)C(O7)C1=O)CC[C@@]23O. The molecule has 10 heteroatoms. The second-order valence-electron chi connectivity index (χ2n) is 15.6. The van der Waals surface area contributed by atoms with Gasteiger partial charge in [0.05, 0.1) is 33.5 Å². The molecule has 47 heavy (non-hydrogen) atoms. The van der Waals surface area contributed by atoms with Gasteiger partial charge in [0.1, 0.15) is 11.7 Å². The molecule has 0 amide bonds. The molecule has 1 saturated heterocycles. The number of nitrogens with one attached hydrogen (secondary N) is 1. The molecule has 10 atom stereocenters. The highest BCUT2D eigenvalue weighted by molar-refractivity contribution is 5.93. The van der Waals surface area contributed by atoms with E-state index in [4.69, 9.17) is 9.47 Å². The van der Waals surface area contributed by atoms with E-state index >= 15 is 4.79 Å². The second-order valence-corrected chi connectivity index (χ2v) is 15.6. The van der Waals surface area contributed by atoms with Gasteiger partial charge < -0.3 is 40.3 Å². The third-order valence-corrected chi connectivity index (χ3v) is 14.3. The first-order chi connectivity index (χ1) is 22.5. The van der Waals surface area contributed by atoms with Crippen LogP contribution in [0.3, 0.4) is 0 Å². The highest BCUT2D eigenvalue weighted by Crippen LogP contribution is 2.76. The van der Waals surface area contributed by atoms with Gasteiger partial charge in [-0.05, 0) is 68.2 Å². The number of carbonyl (C=O) groups excluding carboxylic acids is 1. The van der Waals surface area contributed by atoms with E-state index in [-0.39, 0.29) is 54.1 Å². The Morgan fingerprint density at radius 3 is 2.40 bits per heavy atom. The Balaban J connectivity index is 1.14. The van der Waals surface area contributed by atoms with Gasteiger partial charge in [-0.3, -0.25) is 9.69 Å². The minimum Gasteiger partial charge on any atom is -0.504 e. The predicted octanol–water partition coefficient (Wildman–Crippen LogP) is 1.66. The zero-order valence-electron chi connectivity index (χ0n) is 26.2. The Kier molecular flexibility index (Phi) is 5.12. The van der Waals surface area contributed by atoms with Gasteiger partial charge in [0.25, 0.3) is 0 Å². The molecule has 6 N–H and O–H groups in total. The third kappa shape index (κ3) is 2.72. The number of Topliss-reactive ketones (excluding diaryl/α,β-unsaturated/α-hetero) is 1. The normalized spacial score (nSPS) is 45.6. The zero-order valence-corrected chi connectivity index (χ0v) is 26.2. The van der Waals surface area contributed by atoms with Crippen molar-refractivity contribution in [2.75, 3.05) is 19.6 Å². The van der Waals surface area contributed by atoms with Crippen molar-refractivity contribution in [1.29, 1.82) is 0 Å². The van der Waals surface area contributed by atoms with E-state index in [1.807, 2.05) is 18.2 Å². The fourth-order valence-corrected chi connectivity index (χ4v) is 12.6. The Hall–Kier alpha value is -3.41. The number of aliphatic hydroxyl groups is 3. The van der Waals surface area contributed by atoms with Crippen molar-refractivity contribution < 1.29 is 39.8 Å². The van der Waals surface area contributed by atoms with Crippen molar-refractivity contribution in [1.82, 2.24) is 10.2 Å². The predicted molar refractivity (Wildman–Crippen MR) is 169 cm³/mol. The first-order valence-electron chi connectivity index (χ1n) is 16.9. The van der Waals surface area contributed by atoms with Gasteiger partial charge in [-0.1, -0.05) is 24.3 Å². The summed E-state index contributed by atoms with van der Waals surface area (Å²) in [4.78, 5) is 17.2. The van der Waals surface area contributed by atoms with Gasteiger partial charge in [0, 0.05) is 36.8 Å². The smallest absolute Gasteiger partial charge is 0.180 e. The zero-order chi connectivity index (χ0) is 32.5. The van der Waals surface area contributed by atoms with E-state index < -0.39 is 51.3 Å². The van der Waals surface area contributed by atoms with Crippen LogP contribution in [0.2, 0.25) is 0 Å². The summed E-state index contributed by atoms with van der Waals surface area (Å²) in [5, 5.41) is 64.6. The Morgan fingerprint density at radius 1 is 0.936 bits per heavy atom. The number of likely N-dealkylation sites (tertiary alicyclic amines) is 1. The topological polar surface area (TPSA) is 152 Å². The number of fused-ring (bicyclic) bond motifs is 2. The summed E-state index contributed by atoms with van der Waals surface area (Å²) in [7, 11) is 0. The number of piperidine rings is 1. The molecule has 3 saturated carbocycles. The fraction of sp³-hybridized carbons (Fsp3) is 0.541. The highest BCUT2D eigenvalue weighted by Gasteiger charge is 2.87. The van der Waals surface area contributed by atoms with Crippen molar-refractivity contribution in [3.05, 3.63) is 71.8 Å². The maximum atomic E-state index is 15.0. The van der Waals surface area contributed by atoms with Crippen LogP contribution in [-0.4, -0.2) is 96.4 Å². The second kappa shape index (κ2) is 8.41. The quantitative estimate of drug-likeness (QED) is 0.257. The van der Waals surface area contributed by atoms with E-state index in [0.717, 1.165) is 22.3 Å². The molecular weight excluding hydrogens is 600 g/mol. The van der Waals surface area contributed by atoms with Gasteiger partial charge in [-0.15, -0.1) is 13.2 Å². The van der Waals surface area contributed by atoms with E-state index in [1.165, 1.54) is 0 Å². The lowest BCUT2D eigenvalue weighted by Crippen LogP contribution is -2.91. The van der Waals surface area contributed by atoms with Crippen LogP contribution in [0.4, 0.5) is 0 Å². The van der Waals surface area contributed by atoms with Crippen molar-refractivity contribution in [2.45, 2.75) is 96.4 Å². The molecule has 3 aliphatic heterocycles. The number of ketones is 1. The molecular formula is C37H40N2O8. The number of hydrogen-bond acceptors (Lipinski definition) is 10. The number of ether oxygens (including phenoxy) is 2. The van der Waals surface area contributed by atoms with Crippen LogP contribution in [0.5, 0.6) is 23.0 Å². The number of phenolic OH excluding ortho intramolecular Hbond substituents is 2. The molecule has 4 bridgehead atoms. The standard InChI is InChI=1S/C37H40N2O8/c1-3-12-38-32-16-20-6-8-23(41)29-26(20)34(18-32)31(47-29)35(43,9-10-37(32,34)45)21-17-36(44)24-15-19-5-7-22(40)28-25(19)33(36,30(46-28)27(21)42)11-14-39(24)13-4-2/h3-8,21,24,30-31,38,40-41,43-45H,1-2,9-18H2/t21?,24?,30?,31?,32-,33+,34+,35?,36-,37-/m1/s1. The number of hydrogen-bond donors (Lipinski definition) is 6. The molecule has 2 spiro atoms. The minimum absolute atomic E-state index is 0.0293. The maximum Gasteiger partial charge on any atom is 0.180 e. The van der Waals surface area contributed by atoms with E-state index in [0.29, 0.717) is 45.3 Å². The monoisotopic (exact) mass is 640 g/mol. The van der Waals surface area contributed by atoms with Crippen LogP contribution in [0.25, 0.3) is 0 Å². The molecule has 10 nitrogen and oxygen atoms in total. The molecule has 0 aromatic heterocycles. The average molecular weight is 641 g/mol. The summed E-state index contributed by atoms with van der Waals surface area (Å²) in [6, 6.07) is 6.54. The Labute approximate surface area is 272 Å². The van der Waals surface area contributed by atoms with Gasteiger partial charge in [0.2, 0.25) is 0 Å². The fourth-order valence-electron chi connectivity index (χ4n) is 12.6. The molecule has 8 aliphatic rings. The van der Waals surface area contributed by atoms with Gasteiger partial charge in [-0.2, -0.15) is 0 Å². The number of aromatic hydroxyl groups is 2. The summed E-state index contributed by atoms with van der Waals surface area (Å²) < 4.78 is 13.1. The van der Waals surface area contributed by atoms with Crippen LogP contribution in [-0.2, 0) is 28.5 Å². The Bertz CT molecular complexity index is 1850. The molecule has 2 aromatic carbocycles. The largest absolute Gasteiger partial charge is 0.504 e. The molecule has 3 heterocycles. The number of carbonyl (C=O) groups is 1. The summed E-state index contributed by atoms with van der Waals surface area (Å²) in [5.41, 5.74) is -4.12. The van der Waals surface area contributed by atoms with Crippen LogP contribution >= 0.6 is 0 Å². The lowest BCUT2D eigenvalue weighted by atomic mass is 9.32. The molecule has 5 unspecified atom stereocenters. The summed E-state index contributed by atoms with van der Waals surface area (Å²) in [5.74, 6) is -1.05. The van der Waals surface area contributed by atoms with Gasteiger partial charge >= 0.3 is 0 Å². The van der Waals surface area contributed by atoms with Gasteiger partial charge in [-0.25, -0.2) is 0 Å². The van der Waals surface area contributed by atoms with Crippen molar-refractivity contribution in [3.8, 4) is 23.0 Å². The van der Waals surface area contributed by atoms with Crippen LogP contribution < -0.4 is 14.8 Å². The average Bonchev–Trinajstić information content (AvgIpc) is 3.62. The molecule has 2 aromatic rings. The molecule has 0 radical (unpaired) electrons. The van der Waals surface area contributed by atoms with Crippen LogP contribution in [0, 0.1) is 5.92 Å². The lowest BCUT2D eigenvalue weighted by Gasteiger charge is -2.75. The Morgan fingerprint density at radius 2 is 1.66 bits per heavy atom. The van der Waals surface area contributed by atoms with Crippen molar-refractivity contribution >= 4 is 5.78 Å². The van der Waals surface area contributed by atoms with Crippen molar-refractivity contribution in [2.24, 2.45) is 5.92 Å². The van der Waals surface area contributed by atoms with Gasteiger partial charge in [0.15, 0.2) is 34.9 Å². The van der Waals surface area contributed by atoms with E-state index in [1.54, 1.807) is 18.2 Å². The number of benzene rings is 2. The van der Waals surface area contributed by atoms with Crippen molar-refractivity contribution in [3.63, 3.8) is 0 Å². The summed E-state index contributed by atoms with van der Waals surface area (Å²) in [6.45, 7) is 9.48. The molecule has 4 fully saturated rings. The molecule has 246 valence electrons.